The van der Waals surface area contributed by atoms with Crippen LogP contribution in [0.15, 0.2) is 47.5 Å². The van der Waals surface area contributed by atoms with Gasteiger partial charge in [0.1, 0.15) is 0 Å². The maximum atomic E-state index is 10.7. The fourth-order valence-electron chi connectivity index (χ4n) is 1.50. The van der Waals surface area contributed by atoms with E-state index in [1.807, 2.05) is 0 Å². The molecule has 0 atom stereocenters. The van der Waals surface area contributed by atoms with Gasteiger partial charge in [-0.2, -0.15) is 0 Å². The second-order valence-electron chi connectivity index (χ2n) is 3.68. The molecule has 0 aromatic heterocycles. The molecule has 1 N–H and O–H groups in total. The quantitative estimate of drug-likeness (QED) is 0.527. The third-order valence-electron chi connectivity index (χ3n) is 2.44. The van der Waals surface area contributed by atoms with Crippen LogP contribution in [0.3, 0.4) is 0 Å². The van der Waals surface area contributed by atoms with Gasteiger partial charge in [-0.15, -0.1) is 0 Å². The number of phenolic OH excluding ortho intramolecular Hbond substituents is 1. The zero-order valence-corrected chi connectivity index (χ0v) is 10.4. The fraction of sp³-hybridized carbons (Fsp3) is 0. The first-order valence-corrected chi connectivity index (χ1v) is 5.72. The summed E-state index contributed by atoms with van der Waals surface area (Å²) in [5.41, 5.74) is 0.423. The van der Waals surface area contributed by atoms with Crippen LogP contribution in [0.5, 0.6) is 5.75 Å². The summed E-state index contributed by atoms with van der Waals surface area (Å²) < 4.78 is 0. The van der Waals surface area contributed by atoms with Crippen molar-refractivity contribution in [1.82, 2.24) is 0 Å². The van der Waals surface area contributed by atoms with Gasteiger partial charge in [0.25, 0.3) is 0 Å². The molecule has 0 aliphatic rings. The van der Waals surface area contributed by atoms with Crippen molar-refractivity contribution in [2.24, 2.45) is 4.99 Å². The first-order chi connectivity index (χ1) is 9.09. The summed E-state index contributed by atoms with van der Waals surface area (Å²) in [4.78, 5) is 14.1. The van der Waals surface area contributed by atoms with Gasteiger partial charge in [0.15, 0.2) is 0 Å². The predicted molar refractivity (Wildman–Crippen MR) is 73.5 cm³/mol. The van der Waals surface area contributed by atoms with Crippen molar-refractivity contribution in [3.05, 3.63) is 63.2 Å². The molecule has 0 bridgehead atoms. The molecule has 96 valence electrons. The molecule has 0 spiro atoms. The van der Waals surface area contributed by atoms with E-state index in [4.69, 9.17) is 11.6 Å². The van der Waals surface area contributed by atoms with Crippen LogP contribution in [-0.2, 0) is 0 Å². The molecule has 5 nitrogen and oxygen atoms in total. The summed E-state index contributed by atoms with van der Waals surface area (Å²) >= 11 is 5.93. The highest BCUT2D eigenvalue weighted by Gasteiger charge is 2.14. The lowest BCUT2D eigenvalue weighted by Gasteiger charge is -2.00. The molecule has 0 fully saturated rings. The molecule has 2 aromatic rings. The number of nitro groups is 1. The van der Waals surface area contributed by atoms with E-state index in [0.29, 0.717) is 10.7 Å². The van der Waals surface area contributed by atoms with Gasteiger partial charge >= 0.3 is 5.69 Å². The standard InChI is InChI=1S/C13H9ClN2O3/c14-10-5-1-2-6-11(10)15-8-9-4-3-7-12(13(9)17)16(18)19/h1-8,17H. The van der Waals surface area contributed by atoms with Crippen LogP contribution < -0.4 is 0 Å². The lowest BCUT2D eigenvalue weighted by molar-refractivity contribution is -0.385. The normalized spacial score (nSPS) is 10.8. The number of aromatic hydroxyl groups is 1. The zero-order chi connectivity index (χ0) is 13.8. The second kappa shape index (κ2) is 5.49. The molecular weight excluding hydrogens is 268 g/mol. The Labute approximate surface area is 113 Å². The van der Waals surface area contributed by atoms with Crippen LogP contribution in [0.4, 0.5) is 11.4 Å². The van der Waals surface area contributed by atoms with E-state index in [-0.39, 0.29) is 11.3 Å². The minimum Gasteiger partial charge on any atom is -0.502 e. The van der Waals surface area contributed by atoms with Crippen molar-refractivity contribution in [2.45, 2.75) is 0 Å². The highest BCUT2D eigenvalue weighted by molar-refractivity contribution is 6.33. The molecular formula is C13H9ClN2O3. The number of hydrogen-bond donors (Lipinski definition) is 1. The van der Waals surface area contributed by atoms with Crippen LogP contribution in [0.2, 0.25) is 5.02 Å². The molecule has 0 aliphatic carbocycles. The lowest BCUT2D eigenvalue weighted by Crippen LogP contribution is -1.91. The van der Waals surface area contributed by atoms with Gasteiger partial charge in [0, 0.05) is 17.8 Å². The van der Waals surface area contributed by atoms with E-state index in [9.17, 15) is 15.2 Å². The number of phenols is 1. The van der Waals surface area contributed by atoms with Gasteiger partial charge < -0.3 is 5.11 Å². The van der Waals surface area contributed by atoms with E-state index >= 15 is 0 Å². The highest BCUT2D eigenvalue weighted by Crippen LogP contribution is 2.29. The number of aliphatic imine (C=N–C) groups is 1. The molecule has 0 aliphatic heterocycles. The largest absolute Gasteiger partial charge is 0.502 e. The zero-order valence-electron chi connectivity index (χ0n) is 9.65. The molecule has 2 rings (SSSR count). The van der Waals surface area contributed by atoms with Gasteiger partial charge in [-0.25, -0.2) is 0 Å². The number of nitrogens with zero attached hydrogens (tertiary/aromatic N) is 2. The van der Waals surface area contributed by atoms with Gasteiger partial charge in [-0.1, -0.05) is 29.8 Å². The van der Waals surface area contributed by atoms with Crippen molar-refractivity contribution in [1.29, 1.82) is 0 Å². The van der Waals surface area contributed by atoms with Crippen molar-refractivity contribution in [3.63, 3.8) is 0 Å². The highest BCUT2D eigenvalue weighted by atomic mass is 35.5. The number of benzene rings is 2. The van der Waals surface area contributed by atoms with Crippen LogP contribution in [0.1, 0.15) is 5.56 Å². The van der Waals surface area contributed by atoms with Crippen LogP contribution in [0.25, 0.3) is 0 Å². The summed E-state index contributed by atoms with van der Waals surface area (Å²) in [6.07, 6.45) is 1.34. The Morgan fingerprint density at radius 2 is 1.95 bits per heavy atom. The first kappa shape index (κ1) is 13.0. The Balaban J connectivity index is 2.37. The van der Waals surface area contributed by atoms with Gasteiger partial charge in [-0.3, -0.25) is 15.1 Å². The molecule has 19 heavy (non-hydrogen) atoms. The van der Waals surface area contributed by atoms with Gasteiger partial charge in [-0.05, 0) is 18.2 Å². The van der Waals surface area contributed by atoms with Gasteiger partial charge in [0.05, 0.1) is 15.6 Å². The van der Waals surface area contributed by atoms with Crippen molar-refractivity contribution >= 4 is 29.2 Å². The van der Waals surface area contributed by atoms with Crippen molar-refractivity contribution in [3.8, 4) is 5.75 Å². The third kappa shape index (κ3) is 2.89. The van der Waals surface area contributed by atoms with E-state index in [1.165, 1.54) is 24.4 Å². The number of nitro benzene ring substituents is 1. The molecule has 2 aromatic carbocycles. The first-order valence-electron chi connectivity index (χ1n) is 5.34. The van der Waals surface area contributed by atoms with E-state index in [0.717, 1.165) is 0 Å². The summed E-state index contributed by atoms with van der Waals surface area (Å²) in [5.74, 6) is -0.414. The summed E-state index contributed by atoms with van der Waals surface area (Å²) in [6, 6.07) is 11.2. The summed E-state index contributed by atoms with van der Waals surface area (Å²) in [5, 5.41) is 20.9. The Hall–Kier alpha value is -2.40. The third-order valence-corrected chi connectivity index (χ3v) is 2.76. The number of rotatable bonds is 3. The topological polar surface area (TPSA) is 75.7 Å². The molecule has 0 saturated heterocycles. The summed E-state index contributed by atoms with van der Waals surface area (Å²) in [7, 11) is 0. The molecule has 0 saturated carbocycles. The Bertz CT molecular complexity index is 656. The molecule has 0 unspecified atom stereocenters. The van der Waals surface area contributed by atoms with E-state index < -0.39 is 10.7 Å². The Kier molecular flexibility index (Phi) is 3.77. The number of para-hydroxylation sites is 2. The number of hydrogen-bond acceptors (Lipinski definition) is 4. The maximum absolute atomic E-state index is 10.7. The average molecular weight is 277 g/mol. The van der Waals surface area contributed by atoms with E-state index in [1.54, 1.807) is 24.3 Å². The van der Waals surface area contributed by atoms with Crippen molar-refractivity contribution < 1.29 is 10.0 Å². The predicted octanol–water partition coefficient (Wildman–Crippen LogP) is 3.70. The molecule has 6 heteroatoms. The Morgan fingerprint density at radius 1 is 1.21 bits per heavy atom. The minimum atomic E-state index is -0.651. The molecule has 0 amide bonds. The maximum Gasteiger partial charge on any atom is 0.311 e. The SMILES string of the molecule is O=[N+]([O-])c1cccc(C=Nc2ccccc2Cl)c1O. The fourth-order valence-corrected chi connectivity index (χ4v) is 1.68. The average Bonchev–Trinajstić information content (AvgIpc) is 2.39. The second-order valence-corrected chi connectivity index (χ2v) is 4.09. The van der Waals surface area contributed by atoms with E-state index in [2.05, 4.69) is 4.99 Å². The van der Waals surface area contributed by atoms with Crippen LogP contribution in [0, 0.1) is 10.1 Å². The smallest absolute Gasteiger partial charge is 0.311 e. The summed E-state index contributed by atoms with van der Waals surface area (Å²) in [6.45, 7) is 0. The molecule has 0 radical (unpaired) electrons. The van der Waals surface area contributed by atoms with Crippen LogP contribution in [-0.4, -0.2) is 16.2 Å². The molecule has 0 heterocycles. The van der Waals surface area contributed by atoms with Crippen LogP contribution >= 0.6 is 11.6 Å². The number of halogens is 1. The lowest BCUT2D eigenvalue weighted by atomic mass is 10.2. The minimum absolute atomic E-state index is 0.258. The Morgan fingerprint density at radius 3 is 2.63 bits per heavy atom. The van der Waals surface area contributed by atoms with Crippen molar-refractivity contribution in [2.75, 3.05) is 0 Å². The monoisotopic (exact) mass is 276 g/mol. The van der Waals surface area contributed by atoms with Gasteiger partial charge in [0.2, 0.25) is 5.75 Å².